The van der Waals surface area contributed by atoms with E-state index in [1.54, 1.807) is 18.5 Å². The van der Waals surface area contributed by atoms with E-state index >= 15 is 0 Å². The number of ether oxygens (including phenoxy) is 1. The van der Waals surface area contributed by atoms with Crippen molar-refractivity contribution in [3.63, 3.8) is 0 Å². The van der Waals surface area contributed by atoms with Crippen molar-refractivity contribution < 1.29 is 9.53 Å². The number of benzene rings is 1. The molecule has 0 saturated carbocycles. The number of pyridine rings is 1. The minimum absolute atomic E-state index is 0.00671. The first kappa shape index (κ1) is 24.3. The van der Waals surface area contributed by atoms with Crippen LogP contribution in [0.15, 0.2) is 53.6 Å². The summed E-state index contributed by atoms with van der Waals surface area (Å²) in [5.41, 5.74) is 2.58. The van der Waals surface area contributed by atoms with E-state index < -0.39 is 0 Å². The second-order valence-electron chi connectivity index (χ2n) is 9.44. The maximum Gasteiger partial charge on any atom is 0.269 e. The summed E-state index contributed by atoms with van der Waals surface area (Å²) in [5, 5.41) is 15.3. The van der Waals surface area contributed by atoms with Crippen molar-refractivity contribution in [1.82, 2.24) is 20.1 Å². The summed E-state index contributed by atoms with van der Waals surface area (Å²) in [6.07, 6.45) is 4.26. The van der Waals surface area contributed by atoms with E-state index in [2.05, 4.69) is 31.1 Å². The van der Waals surface area contributed by atoms with Gasteiger partial charge in [-0.05, 0) is 49.7 Å². The molecule has 0 aliphatic carbocycles. The van der Waals surface area contributed by atoms with Gasteiger partial charge in [0.1, 0.15) is 17.6 Å². The Bertz CT molecular complexity index is 1340. The van der Waals surface area contributed by atoms with Crippen LogP contribution in [0.4, 0.5) is 11.5 Å². The van der Waals surface area contributed by atoms with Gasteiger partial charge in [0.25, 0.3) is 11.5 Å². The summed E-state index contributed by atoms with van der Waals surface area (Å²) in [4.78, 5) is 35.4. The Morgan fingerprint density at radius 3 is 2.57 bits per heavy atom. The lowest BCUT2D eigenvalue weighted by molar-refractivity contribution is 0.0746. The van der Waals surface area contributed by atoms with Crippen LogP contribution in [0.5, 0.6) is 5.75 Å². The Balaban J connectivity index is 1.10. The minimum Gasteiger partial charge on any atom is -0.493 e. The first-order valence-corrected chi connectivity index (χ1v) is 12.4. The molecule has 190 valence electrons. The zero-order chi connectivity index (χ0) is 25.8. The number of aromatic amines is 1. The average Bonchev–Trinajstić information content (AvgIpc) is 3.42. The zero-order valence-corrected chi connectivity index (χ0v) is 20.8. The summed E-state index contributed by atoms with van der Waals surface area (Å²) in [5.74, 6) is 1.91. The van der Waals surface area contributed by atoms with Gasteiger partial charge in [0.2, 0.25) is 0 Å². The Labute approximate surface area is 215 Å². The number of nitrogens with zero attached hydrogens (tertiary/aromatic N) is 6. The normalized spacial score (nSPS) is 17.5. The van der Waals surface area contributed by atoms with Crippen LogP contribution in [-0.4, -0.2) is 71.9 Å². The Morgan fingerprint density at radius 1 is 1.08 bits per heavy atom. The van der Waals surface area contributed by atoms with Gasteiger partial charge in [0.15, 0.2) is 0 Å². The molecule has 4 heterocycles. The van der Waals surface area contributed by atoms with Crippen LogP contribution < -0.4 is 20.1 Å². The van der Waals surface area contributed by atoms with E-state index in [4.69, 9.17) is 10.00 Å². The van der Waals surface area contributed by atoms with E-state index in [0.29, 0.717) is 55.4 Å². The molecule has 2 aromatic heterocycles. The van der Waals surface area contributed by atoms with E-state index in [-0.39, 0.29) is 11.5 Å². The molecule has 2 aliphatic rings. The third-order valence-corrected chi connectivity index (χ3v) is 7.06. The zero-order valence-electron chi connectivity index (χ0n) is 20.8. The van der Waals surface area contributed by atoms with Gasteiger partial charge < -0.3 is 19.4 Å². The number of hydrogen-bond acceptors (Lipinski definition) is 8. The molecule has 1 N–H and O–H groups in total. The van der Waals surface area contributed by atoms with Crippen molar-refractivity contribution in [1.29, 1.82) is 5.26 Å². The Morgan fingerprint density at radius 2 is 1.86 bits per heavy atom. The summed E-state index contributed by atoms with van der Waals surface area (Å²) in [7, 11) is 0. The number of amides is 1. The van der Waals surface area contributed by atoms with Gasteiger partial charge in [0.05, 0.1) is 24.1 Å². The number of aromatic nitrogens is 3. The fraction of sp³-hybridized carbons (Fsp3) is 0.370. The number of carbonyl (C=O) groups is 1. The van der Waals surface area contributed by atoms with Gasteiger partial charge in [-0.2, -0.15) is 10.4 Å². The first-order valence-electron chi connectivity index (χ1n) is 12.4. The average molecular weight is 500 g/mol. The molecule has 0 radical (unpaired) electrons. The molecule has 1 unspecified atom stereocenters. The van der Waals surface area contributed by atoms with E-state index in [0.717, 1.165) is 36.8 Å². The number of rotatable bonds is 6. The van der Waals surface area contributed by atoms with Crippen LogP contribution in [0.1, 0.15) is 27.9 Å². The molecule has 1 amide bonds. The predicted molar refractivity (Wildman–Crippen MR) is 139 cm³/mol. The van der Waals surface area contributed by atoms with E-state index in [1.807, 2.05) is 42.2 Å². The van der Waals surface area contributed by atoms with Crippen molar-refractivity contribution in [2.75, 3.05) is 55.7 Å². The molecule has 1 aromatic carbocycles. The number of hydrogen-bond donors (Lipinski definition) is 1. The highest BCUT2D eigenvalue weighted by atomic mass is 16.5. The van der Waals surface area contributed by atoms with Crippen molar-refractivity contribution in [2.24, 2.45) is 5.92 Å². The molecule has 2 fully saturated rings. The number of H-pyrrole nitrogens is 1. The van der Waals surface area contributed by atoms with Crippen molar-refractivity contribution in [2.45, 2.75) is 13.3 Å². The van der Waals surface area contributed by atoms with Crippen LogP contribution in [0, 0.1) is 24.2 Å². The first-order chi connectivity index (χ1) is 18.0. The number of nitrogens with one attached hydrogen (secondary N) is 1. The fourth-order valence-corrected chi connectivity index (χ4v) is 4.82. The molecule has 1 atom stereocenters. The standard InChI is InChI=1S/C27H29N7O3/c1-19-24(16-30-31-26(19)35)34-9-8-21(17-34)18-37-23-5-3-22(4-6-23)27(36)33-12-10-32(11-13-33)25-7-2-20(14-28)15-29-25/h2-7,15-16,21H,8-13,17-18H2,1H3,(H,31,35). The van der Waals surface area contributed by atoms with Crippen LogP contribution >= 0.6 is 0 Å². The predicted octanol–water partition coefficient (Wildman–Crippen LogP) is 2.21. The van der Waals surface area contributed by atoms with Crippen LogP contribution in [0.25, 0.3) is 0 Å². The quantitative estimate of drug-likeness (QED) is 0.549. The molecule has 2 aliphatic heterocycles. The molecule has 0 bridgehead atoms. The van der Waals surface area contributed by atoms with Crippen molar-refractivity contribution in [3.05, 3.63) is 75.8 Å². The Hall–Kier alpha value is -4.39. The lowest BCUT2D eigenvalue weighted by atomic mass is 10.1. The number of nitriles is 1. The summed E-state index contributed by atoms with van der Waals surface area (Å²) in [6.45, 7) is 6.67. The molecule has 10 heteroatoms. The largest absolute Gasteiger partial charge is 0.493 e. The number of anilines is 2. The molecule has 37 heavy (non-hydrogen) atoms. The van der Waals surface area contributed by atoms with Crippen molar-refractivity contribution in [3.8, 4) is 11.8 Å². The SMILES string of the molecule is Cc1c(N2CCC(COc3ccc(C(=O)N4CCN(c5ccc(C#N)cn5)CC4)cc3)C2)cn[nH]c1=O. The monoisotopic (exact) mass is 499 g/mol. The second kappa shape index (κ2) is 10.7. The van der Waals surface area contributed by atoms with Gasteiger partial charge in [0, 0.05) is 62.5 Å². The summed E-state index contributed by atoms with van der Waals surface area (Å²) < 4.78 is 6.02. The van der Waals surface area contributed by atoms with Gasteiger partial charge in [-0.1, -0.05) is 0 Å². The molecule has 5 rings (SSSR count). The third kappa shape index (κ3) is 5.40. The lowest BCUT2D eigenvalue weighted by Crippen LogP contribution is -2.49. The van der Waals surface area contributed by atoms with Gasteiger partial charge >= 0.3 is 0 Å². The molecular formula is C27H29N7O3. The van der Waals surface area contributed by atoms with E-state index in [9.17, 15) is 9.59 Å². The lowest BCUT2D eigenvalue weighted by Gasteiger charge is -2.35. The molecule has 0 spiro atoms. The molecule has 3 aromatic rings. The van der Waals surface area contributed by atoms with Crippen LogP contribution in [-0.2, 0) is 0 Å². The van der Waals surface area contributed by atoms with Gasteiger partial charge in [-0.15, -0.1) is 0 Å². The summed E-state index contributed by atoms with van der Waals surface area (Å²) >= 11 is 0. The maximum absolute atomic E-state index is 13.0. The molecule has 2 saturated heterocycles. The van der Waals surface area contributed by atoms with Crippen LogP contribution in [0.3, 0.4) is 0 Å². The highest BCUT2D eigenvalue weighted by Crippen LogP contribution is 2.25. The number of piperazine rings is 1. The van der Waals surface area contributed by atoms with Crippen LogP contribution in [0.2, 0.25) is 0 Å². The fourth-order valence-electron chi connectivity index (χ4n) is 4.82. The summed E-state index contributed by atoms with van der Waals surface area (Å²) in [6, 6.07) is 13.0. The highest BCUT2D eigenvalue weighted by Gasteiger charge is 2.26. The number of carbonyl (C=O) groups excluding carboxylic acids is 1. The smallest absolute Gasteiger partial charge is 0.269 e. The highest BCUT2D eigenvalue weighted by molar-refractivity contribution is 5.94. The second-order valence-corrected chi connectivity index (χ2v) is 9.44. The van der Waals surface area contributed by atoms with Gasteiger partial charge in [-0.3, -0.25) is 9.59 Å². The Kier molecular flexibility index (Phi) is 7.03. The van der Waals surface area contributed by atoms with Crippen molar-refractivity contribution >= 4 is 17.4 Å². The topological polar surface area (TPSA) is 118 Å². The molecule has 10 nitrogen and oxygen atoms in total. The van der Waals surface area contributed by atoms with Gasteiger partial charge in [-0.25, -0.2) is 10.1 Å². The minimum atomic E-state index is -0.156. The maximum atomic E-state index is 13.0. The third-order valence-electron chi connectivity index (χ3n) is 7.06. The molecular weight excluding hydrogens is 470 g/mol. The van der Waals surface area contributed by atoms with E-state index in [1.165, 1.54) is 0 Å².